The van der Waals surface area contributed by atoms with Crippen LogP contribution in [0.25, 0.3) is 0 Å². The average molecular weight is 235 g/mol. The van der Waals surface area contributed by atoms with Crippen LogP contribution >= 0.6 is 0 Å². The first-order chi connectivity index (χ1) is 8.20. The van der Waals surface area contributed by atoms with Gasteiger partial charge in [0.05, 0.1) is 19.6 Å². The second-order valence-electron chi connectivity index (χ2n) is 3.84. The highest BCUT2D eigenvalue weighted by atomic mass is 19.1. The van der Waals surface area contributed by atoms with Gasteiger partial charge in [-0.1, -0.05) is 6.07 Å². The fourth-order valence-electron chi connectivity index (χ4n) is 1.69. The van der Waals surface area contributed by atoms with Gasteiger partial charge < -0.3 is 14.9 Å². The van der Waals surface area contributed by atoms with Crippen LogP contribution < -0.4 is 10.5 Å². The van der Waals surface area contributed by atoms with Crippen molar-refractivity contribution in [3.05, 3.63) is 53.7 Å². The summed E-state index contributed by atoms with van der Waals surface area (Å²) in [6.07, 6.45) is 3.85. The normalized spacial score (nSPS) is 12.4. The third kappa shape index (κ3) is 2.65. The van der Waals surface area contributed by atoms with E-state index in [1.807, 2.05) is 6.07 Å². The van der Waals surface area contributed by atoms with Gasteiger partial charge in [0.25, 0.3) is 0 Å². The van der Waals surface area contributed by atoms with E-state index in [1.165, 1.54) is 13.2 Å². The van der Waals surface area contributed by atoms with Crippen molar-refractivity contribution in [2.24, 2.45) is 5.73 Å². The third-order valence-corrected chi connectivity index (χ3v) is 2.64. The average Bonchev–Trinajstić information content (AvgIpc) is 2.81. The zero-order chi connectivity index (χ0) is 12.3. The Hall–Kier alpha value is -1.81. The summed E-state index contributed by atoms with van der Waals surface area (Å²) in [5.74, 6) is -0.170. The molecule has 0 fully saturated rings. The maximum atomic E-state index is 13.5. The molecule has 0 saturated heterocycles. The van der Waals surface area contributed by atoms with Crippen molar-refractivity contribution in [2.75, 3.05) is 7.11 Å². The summed E-state index contributed by atoms with van der Waals surface area (Å²) >= 11 is 0. The van der Waals surface area contributed by atoms with Gasteiger partial charge in [-0.3, -0.25) is 0 Å². The van der Waals surface area contributed by atoms with E-state index in [1.54, 1.807) is 24.7 Å². The second kappa shape index (κ2) is 5.01. The molecule has 1 aromatic carbocycles. The smallest absolute Gasteiger partial charge is 0.165 e. The summed E-state index contributed by atoms with van der Waals surface area (Å²) in [7, 11) is 1.43. The highest BCUT2D eigenvalue weighted by molar-refractivity contribution is 5.31. The molecule has 0 radical (unpaired) electrons. The molecule has 1 unspecified atom stereocenters. The Labute approximate surface area is 99.0 Å². The molecule has 0 aliphatic heterocycles. The van der Waals surface area contributed by atoms with E-state index in [0.717, 1.165) is 11.1 Å². The van der Waals surface area contributed by atoms with E-state index in [9.17, 15) is 4.39 Å². The van der Waals surface area contributed by atoms with Crippen LogP contribution in [0.15, 0.2) is 41.2 Å². The molecule has 3 nitrogen and oxygen atoms in total. The number of halogens is 1. The van der Waals surface area contributed by atoms with Crippen molar-refractivity contribution in [3.8, 4) is 5.75 Å². The molecule has 1 aromatic heterocycles. The largest absolute Gasteiger partial charge is 0.494 e. The molecule has 17 heavy (non-hydrogen) atoms. The number of nitrogens with two attached hydrogens (primary N) is 1. The monoisotopic (exact) mass is 235 g/mol. The van der Waals surface area contributed by atoms with Gasteiger partial charge in [0.15, 0.2) is 11.6 Å². The van der Waals surface area contributed by atoms with Gasteiger partial charge in [0.2, 0.25) is 0 Å². The van der Waals surface area contributed by atoms with Crippen molar-refractivity contribution in [3.63, 3.8) is 0 Å². The lowest BCUT2D eigenvalue weighted by Gasteiger charge is -2.12. The van der Waals surface area contributed by atoms with E-state index in [2.05, 4.69) is 0 Å². The highest BCUT2D eigenvalue weighted by Crippen LogP contribution is 2.22. The van der Waals surface area contributed by atoms with Gasteiger partial charge in [-0.15, -0.1) is 0 Å². The fourth-order valence-corrected chi connectivity index (χ4v) is 1.69. The van der Waals surface area contributed by atoms with Gasteiger partial charge >= 0.3 is 0 Å². The number of hydrogen-bond donors (Lipinski definition) is 1. The van der Waals surface area contributed by atoms with E-state index in [0.29, 0.717) is 6.42 Å². The predicted molar refractivity (Wildman–Crippen MR) is 62.3 cm³/mol. The summed E-state index contributed by atoms with van der Waals surface area (Å²) in [4.78, 5) is 0. The number of ether oxygens (including phenoxy) is 1. The first-order valence-electron chi connectivity index (χ1n) is 5.31. The molecule has 90 valence electrons. The minimum absolute atomic E-state index is 0.226. The van der Waals surface area contributed by atoms with Gasteiger partial charge in [0, 0.05) is 6.04 Å². The van der Waals surface area contributed by atoms with E-state index >= 15 is 0 Å². The van der Waals surface area contributed by atoms with Crippen LogP contribution in [0.4, 0.5) is 4.39 Å². The van der Waals surface area contributed by atoms with Gasteiger partial charge in [-0.05, 0) is 35.7 Å². The van der Waals surface area contributed by atoms with Crippen LogP contribution in [0.2, 0.25) is 0 Å². The summed E-state index contributed by atoms with van der Waals surface area (Å²) < 4.78 is 23.3. The van der Waals surface area contributed by atoms with Gasteiger partial charge in [0.1, 0.15) is 0 Å². The van der Waals surface area contributed by atoms with Gasteiger partial charge in [-0.2, -0.15) is 0 Å². The van der Waals surface area contributed by atoms with Crippen molar-refractivity contribution < 1.29 is 13.5 Å². The Morgan fingerprint density at radius 2 is 2.24 bits per heavy atom. The lowest BCUT2D eigenvalue weighted by molar-refractivity contribution is 0.386. The molecule has 2 N–H and O–H groups in total. The predicted octanol–water partition coefficient (Wildman–Crippen LogP) is 2.67. The molecule has 0 aliphatic carbocycles. The van der Waals surface area contributed by atoms with Crippen molar-refractivity contribution in [1.82, 2.24) is 0 Å². The molecule has 0 amide bonds. The van der Waals surface area contributed by atoms with Crippen LogP contribution in [-0.2, 0) is 6.42 Å². The molecule has 0 aliphatic rings. The van der Waals surface area contributed by atoms with Gasteiger partial charge in [-0.25, -0.2) is 4.39 Å². The SMILES string of the molecule is COc1ccc(C(N)Cc2ccoc2)cc1F. The first kappa shape index (κ1) is 11.7. The van der Waals surface area contributed by atoms with Crippen molar-refractivity contribution >= 4 is 0 Å². The minimum Gasteiger partial charge on any atom is -0.494 e. The maximum absolute atomic E-state index is 13.5. The molecule has 1 atom stereocenters. The molecule has 2 rings (SSSR count). The zero-order valence-corrected chi connectivity index (χ0v) is 9.52. The summed E-state index contributed by atoms with van der Waals surface area (Å²) in [6, 6.07) is 6.35. The third-order valence-electron chi connectivity index (χ3n) is 2.64. The zero-order valence-electron chi connectivity index (χ0n) is 9.52. The fraction of sp³-hybridized carbons (Fsp3) is 0.231. The number of rotatable bonds is 4. The number of furan rings is 1. The van der Waals surface area contributed by atoms with Crippen molar-refractivity contribution in [2.45, 2.75) is 12.5 Å². The van der Waals surface area contributed by atoms with Crippen LogP contribution in [0.5, 0.6) is 5.75 Å². The Balaban J connectivity index is 2.14. The molecule has 0 saturated carbocycles. The Bertz CT molecular complexity index is 482. The lowest BCUT2D eigenvalue weighted by atomic mass is 10.0. The van der Waals surface area contributed by atoms with Crippen LogP contribution in [0.3, 0.4) is 0 Å². The van der Waals surface area contributed by atoms with E-state index < -0.39 is 5.82 Å². The lowest BCUT2D eigenvalue weighted by Crippen LogP contribution is -2.13. The molecule has 0 bridgehead atoms. The van der Waals surface area contributed by atoms with Crippen molar-refractivity contribution in [1.29, 1.82) is 0 Å². The summed E-state index contributed by atoms with van der Waals surface area (Å²) in [6.45, 7) is 0. The topological polar surface area (TPSA) is 48.4 Å². The molecule has 4 heteroatoms. The van der Waals surface area contributed by atoms with E-state index in [-0.39, 0.29) is 11.8 Å². The second-order valence-corrected chi connectivity index (χ2v) is 3.84. The van der Waals surface area contributed by atoms with Crippen LogP contribution in [0, 0.1) is 5.82 Å². The first-order valence-corrected chi connectivity index (χ1v) is 5.31. The number of methoxy groups -OCH3 is 1. The maximum Gasteiger partial charge on any atom is 0.165 e. The number of benzene rings is 1. The molecule has 0 spiro atoms. The standard InChI is InChI=1S/C13H14FNO2/c1-16-13-3-2-10(7-11(13)14)12(15)6-9-4-5-17-8-9/h2-5,7-8,12H,6,15H2,1H3. The Kier molecular flexibility index (Phi) is 3.44. The van der Waals surface area contributed by atoms with Crippen LogP contribution in [-0.4, -0.2) is 7.11 Å². The molecule has 2 aromatic rings. The highest BCUT2D eigenvalue weighted by Gasteiger charge is 2.11. The van der Waals surface area contributed by atoms with Crippen LogP contribution in [0.1, 0.15) is 17.2 Å². The minimum atomic E-state index is -0.396. The number of hydrogen-bond acceptors (Lipinski definition) is 3. The van der Waals surface area contributed by atoms with E-state index in [4.69, 9.17) is 14.9 Å². The Morgan fingerprint density at radius 3 is 2.82 bits per heavy atom. The molecular weight excluding hydrogens is 221 g/mol. The quantitative estimate of drug-likeness (QED) is 0.886. The molecule has 1 heterocycles. The summed E-state index contributed by atoms with van der Waals surface area (Å²) in [5, 5.41) is 0. The summed E-state index contributed by atoms with van der Waals surface area (Å²) in [5.41, 5.74) is 7.73. The Morgan fingerprint density at radius 1 is 1.41 bits per heavy atom. The molecular formula is C13H14FNO2.